The van der Waals surface area contributed by atoms with Gasteiger partial charge in [0.15, 0.2) is 0 Å². The molecule has 2 nitrogen and oxygen atoms in total. The van der Waals surface area contributed by atoms with Gasteiger partial charge in [0.25, 0.3) is 5.91 Å². The molecule has 0 unspecified atom stereocenters. The van der Waals surface area contributed by atoms with Crippen LogP contribution in [0.25, 0.3) is 5.57 Å². The van der Waals surface area contributed by atoms with Crippen LogP contribution in [0.2, 0.25) is 10.0 Å². The molecular weight excluding hydrogens is 385 g/mol. The number of halogens is 2. The van der Waals surface area contributed by atoms with Gasteiger partial charge in [0, 0.05) is 22.1 Å². The van der Waals surface area contributed by atoms with Crippen LogP contribution in [0, 0.1) is 63.7 Å². The normalized spacial score (nSPS) is 21.1. The molecule has 0 atom stereocenters. The standard InChI is InChI=1S/C14H8Cl2NO.C5H5.Fe/c15-9-6-10-11(5-8-3-1-2-4-8)14(18)17-13(10)12(16)7-9;1-2-4-5-3-1;/h1-7H,(H,17,18);1-5H;/q;;+2/b11-5-;;. The van der Waals surface area contributed by atoms with Crippen LogP contribution in [-0.2, 0) is 21.9 Å². The minimum Gasteiger partial charge on any atom is -0.320 e. The van der Waals surface area contributed by atoms with E-state index in [-0.39, 0.29) is 23.0 Å². The summed E-state index contributed by atoms with van der Waals surface area (Å²) in [4.78, 5) is 11.9. The van der Waals surface area contributed by atoms with Crippen molar-refractivity contribution in [1.82, 2.24) is 0 Å². The van der Waals surface area contributed by atoms with Crippen LogP contribution in [-0.4, -0.2) is 5.91 Å². The molecule has 2 fully saturated rings. The van der Waals surface area contributed by atoms with Gasteiger partial charge in [-0.25, -0.2) is 0 Å². The molecule has 2 saturated carbocycles. The third-order valence-electron chi connectivity index (χ3n) is 3.38. The fourth-order valence-electron chi connectivity index (χ4n) is 2.33. The van der Waals surface area contributed by atoms with Crippen molar-refractivity contribution in [2.45, 2.75) is 0 Å². The average Bonchev–Trinajstić information content (AvgIpc) is 3.26. The Hall–Kier alpha value is -0.471. The minimum atomic E-state index is -0.157. The van der Waals surface area contributed by atoms with E-state index >= 15 is 0 Å². The van der Waals surface area contributed by atoms with Crippen molar-refractivity contribution in [3.8, 4) is 0 Å². The largest absolute Gasteiger partial charge is 2.00 e. The van der Waals surface area contributed by atoms with Crippen molar-refractivity contribution >= 4 is 40.4 Å². The first-order valence-corrected chi connectivity index (χ1v) is 7.81. The van der Waals surface area contributed by atoms with Crippen LogP contribution in [0.15, 0.2) is 18.2 Å². The summed E-state index contributed by atoms with van der Waals surface area (Å²) >= 11 is 12.0. The maximum Gasteiger partial charge on any atom is 2.00 e. The van der Waals surface area contributed by atoms with Crippen LogP contribution >= 0.6 is 23.2 Å². The minimum absolute atomic E-state index is 0. The molecule has 4 rings (SSSR count). The summed E-state index contributed by atoms with van der Waals surface area (Å²) in [6.07, 6.45) is 19.5. The van der Waals surface area contributed by atoms with E-state index in [1.54, 1.807) is 12.1 Å². The molecule has 5 heteroatoms. The van der Waals surface area contributed by atoms with E-state index in [1.165, 1.54) is 0 Å². The number of anilines is 1. The first kappa shape index (κ1) is 19.8. The van der Waals surface area contributed by atoms with Crippen molar-refractivity contribution < 1.29 is 21.9 Å². The van der Waals surface area contributed by atoms with Crippen molar-refractivity contribution in [3.63, 3.8) is 0 Å². The second kappa shape index (κ2) is 9.29. The number of nitrogens with one attached hydrogen (secondary N) is 1. The zero-order valence-corrected chi connectivity index (χ0v) is 15.1. The monoisotopic (exact) mass is 397 g/mol. The van der Waals surface area contributed by atoms with E-state index in [0.717, 1.165) is 11.5 Å². The summed E-state index contributed by atoms with van der Waals surface area (Å²) in [5, 5.41) is 3.73. The van der Waals surface area contributed by atoms with E-state index in [2.05, 4.69) is 5.32 Å². The zero-order valence-electron chi connectivity index (χ0n) is 12.4. The van der Waals surface area contributed by atoms with Gasteiger partial charge in [-0.2, -0.15) is 0 Å². The molecule has 1 aliphatic heterocycles. The Morgan fingerprint density at radius 3 is 2.04 bits per heavy atom. The van der Waals surface area contributed by atoms with Crippen LogP contribution < -0.4 is 5.32 Å². The maximum atomic E-state index is 11.9. The van der Waals surface area contributed by atoms with Crippen LogP contribution in [0.1, 0.15) is 5.56 Å². The molecule has 0 bridgehead atoms. The molecular formula is C19H13Cl2FeNO+2. The summed E-state index contributed by atoms with van der Waals surface area (Å²) in [5.41, 5.74) is 1.96. The van der Waals surface area contributed by atoms with Gasteiger partial charge in [0.05, 0.1) is 10.7 Å². The van der Waals surface area contributed by atoms with E-state index in [0.29, 0.717) is 21.3 Å². The molecule has 3 aliphatic rings. The zero-order chi connectivity index (χ0) is 16.2. The fraction of sp³-hybridized carbons (Fsp3) is 0. The predicted octanol–water partition coefficient (Wildman–Crippen LogP) is 4.75. The Bertz CT molecular complexity index is 612. The Kier molecular flexibility index (Phi) is 7.68. The number of rotatable bonds is 1. The Morgan fingerprint density at radius 2 is 1.46 bits per heavy atom. The first-order valence-electron chi connectivity index (χ1n) is 7.06. The average molecular weight is 398 g/mol. The summed E-state index contributed by atoms with van der Waals surface area (Å²) in [6, 6.07) is 3.36. The molecule has 10 radical (unpaired) electrons. The van der Waals surface area contributed by atoms with Crippen LogP contribution in [0.4, 0.5) is 5.69 Å². The first-order chi connectivity index (χ1) is 11.1. The van der Waals surface area contributed by atoms with Gasteiger partial charge in [-0.15, -0.1) is 0 Å². The summed E-state index contributed by atoms with van der Waals surface area (Å²) in [6.45, 7) is 0. The molecule has 2 aliphatic carbocycles. The number of fused-ring (bicyclic) bond motifs is 1. The molecule has 0 saturated heterocycles. The smallest absolute Gasteiger partial charge is 0.320 e. The summed E-state index contributed by atoms with van der Waals surface area (Å²) < 4.78 is 0. The van der Waals surface area contributed by atoms with Gasteiger partial charge in [-0.05, 0) is 69.9 Å². The Balaban J connectivity index is 0.000000300. The van der Waals surface area contributed by atoms with E-state index in [9.17, 15) is 4.79 Å². The van der Waals surface area contributed by atoms with Crippen molar-refractivity contribution in [2.24, 2.45) is 0 Å². The van der Waals surface area contributed by atoms with Gasteiger partial charge in [-0.3, -0.25) is 4.79 Å². The van der Waals surface area contributed by atoms with Gasteiger partial charge in [0.1, 0.15) is 0 Å². The van der Waals surface area contributed by atoms with Gasteiger partial charge in [-0.1, -0.05) is 29.3 Å². The third-order valence-corrected chi connectivity index (χ3v) is 3.90. The van der Waals surface area contributed by atoms with Gasteiger partial charge >= 0.3 is 17.1 Å². The molecule has 1 aromatic rings. The molecule has 1 heterocycles. The number of hydrogen-bond donors (Lipinski definition) is 1. The molecule has 1 amide bonds. The predicted molar refractivity (Wildman–Crippen MR) is 95.0 cm³/mol. The van der Waals surface area contributed by atoms with E-state index in [4.69, 9.17) is 23.2 Å². The number of amides is 1. The summed E-state index contributed by atoms with van der Waals surface area (Å²) in [5.74, 6) is 0.819. The summed E-state index contributed by atoms with van der Waals surface area (Å²) in [7, 11) is 0. The fourth-order valence-corrected chi connectivity index (χ4v) is 2.87. The van der Waals surface area contributed by atoms with Crippen LogP contribution in [0.5, 0.6) is 0 Å². The quantitative estimate of drug-likeness (QED) is 0.537. The SMILES string of the molecule is O=C1Nc2c(Cl)cc(Cl)cc2/C1=C/[C]1[CH][CH][CH][CH]1.[CH]1[CH][CH][CH][CH]1.[Fe+2]. The van der Waals surface area contributed by atoms with Crippen LogP contribution in [0.3, 0.4) is 0 Å². The second-order valence-electron chi connectivity index (χ2n) is 5.00. The van der Waals surface area contributed by atoms with Gasteiger partial charge < -0.3 is 5.32 Å². The van der Waals surface area contributed by atoms with E-state index in [1.807, 2.05) is 63.9 Å². The molecule has 0 spiro atoms. The molecule has 1 N–H and O–H groups in total. The molecule has 1 aromatic carbocycles. The van der Waals surface area contributed by atoms with Crippen molar-refractivity contribution in [2.75, 3.05) is 5.32 Å². The number of carbonyl (C=O) groups excluding carboxylic acids is 1. The van der Waals surface area contributed by atoms with E-state index < -0.39 is 0 Å². The second-order valence-corrected chi connectivity index (χ2v) is 5.85. The third kappa shape index (κ3) is 4.79. The number of allylic oxidation sites excluding steroid dienone is 1. The number of hydrogen-bond acceptors (Lipinski definition) is 1. The Labute approximate surface area is 164 Å². The number of benzene rings is 1. The van der Waals surface area contributed by atoms with Gasteiger partial charge in [0.2, 0.25) is 0 Å². The molecule has 0 aromatic heterocycles. The topological polar surface area (TPSA) is 29.1 Å². The van der Waals surface area contributed by atoms with Crippen molar-refractivity contribution in [3.05, 3.63) is 97.5 Å². The number of carbonyl (C=O) groups is 1. The molecule has 24 heavy (non-hydrogen) atoms. The molecule has 120 valence electrons. The maximum absolute atomic E-state index is 11.9. The Morgan fingerprint density at radius 1 is 0.875 bits per heavy atom. The van der Waals surface area contributed by atoms with Crippen molar-refractivity contribution in [1.29, 1.82) is 0 Å².